The van der Waals surface area contributed by atoms with Gasteiger partial charge in [-0.3, -0.25) is 14.2 Å². The zero-order valence-corrected chi connectivity index (χ0v) is 13.4. The van der Waals surface area contributed by atoms with Gasteiger partial charge in [-0.25, -0.2) is 8.42 Å². The van der Waals surface area contributed by atoms with Gasteiger partial charge < -0.3 is 14.8 Å². The predicted molar refractivity (Wildman–Crippen MR) is 78.6 cm³/mol. The van der Waals surface area contributed by atoms with Gasteiger partial charge in [-0.05, 0) is 18.2 Å². The highest BCUT2D eigenvalue weighted by atomic mass is 35.5. The number of fused-ring (bicyclic) bond motifs is 1. The van der Waals surface area contributed by atoms with Crippen molar-refractivity contribution in [2.45, 2.75) is 4.90 Å². The maximum atomic E-state index is 11.9. The van der Waals surface area contributed by atoms with Crippen LogP contribution in [-0.4, -0.2) is 30.3 Å². The van der Waals surface area contributed by atoms with Crippen LogP contribution in [0, 0.1) is 0 Å². The van der Waals surface area contributed by atoms with Crippen LogP contribution in [0.5, 0.6) is 0 Å². The molecule has 2 rings (SSSR count). The molecule has 12 heteroatoms. The average Bonchev–Trinajstić information content (AvgIpc) is 2.35. The SMILES string of the molecule is CONS(=O)(=O)c1cc2cc(P(=O)(O)O)c(=O)[nH]c2cc1Cl. The Morgan fingerprint density at radius 2 is 1.95 bits per heavy atom. The lowest BCUT2D eigenvalue weighted by Gasteiger charge is -2.09. The van der Waals surface area contributed by atoms with Crippen LogP contribution in [0.3, 0.4) is 0 Å². The van der Waals surface area contributed by atoms with Crippen molar-refractivity contribution in [1.29, 1.82) is 0 Å². The van der Waals surface area contributed by atoms with Crippen LogP contribution in [0.15, 0.2) is 27.9 Å². The molecule has 9 nitrogen and oxygen atoms in total. The minimum atomic E-state index is -4.81. The number of benzene rings is 1. The molecule has 120 valence electrons. The number of hydrogen-bond donors (Lipinski definition) is 4. The highest BCUT2D eigenvalue weighted by molar-refractivity contribution is 7.89. The largest absolute Gasteiger partial charge is 0.361 e. The molecule has 0 aliphatic heterocycles. The van der Waals surface area contributed by atoms with E-state index in [1.807, 2.05) is 0 Å². The number of nitrogens with one attached hydrogen (secondary N) is 2. The maximum absolute atomic E-state index is 11.9. The fraction of sp³-hybridized carbons (Fsp3) is 0.100. The van der Waals surface area contributed by atoms with E-state index in [1.54, 1.807) is 4.89 Å². The predicted octanol–water partition coefficient (Wildman–Crippen LogP) is -0.176. The van der Waals surface area contributed by atoms with E-state index in [-0.39, 0.29) is 20.8 Å². The van der Waals surface area contributed by atoms with Gasteiger partial charge in [0.15, 0.2) is 0 Å². The number of rotatable bonds is 4. The Balaban J connectivity index is 2.80. The van der Waals surface area contributed by atoms with Crippen molar-refractivity contribution in [2.24, 2.45) is 0 Å². The Hall–Kier alpha value is -1.26. The molecule has 1 aromatic heterocycles. The molecule has 0 aliphatic rings. The van der Waals surface area contributed by atoms with Crippen LogP contribution in [0.4, 0.5) is 0 Å². The molecule has 0 amide bonds. The Morgan fingerprint density at radius 1 is 1.32 bits per heavy atom. The summed E-state index contributed by atoms with van der Waals surface area (Å²) >= 11 is 5.86. The number of halogens is 1. The monoisotopic (exact) mass is 368 g/mol. The highest BCUT2D eigenvalue weighted by Gasteiger charge is 2.24. The van der Waals surface area contributed by atoms with E-state index in [9.17, 15) is 17.8 Å². The molecule has 0 spiro atoms. The first-order valence-corrected chi connectivity index (χ1v) is 9.01. The van der Waals surface area contributed by atoms with Gasteiger partial charge in [-0.2, -0.15) is 0 Å². The minimum Gasteiger partial charge on any atom is -0.321 e. The molecule has 1 heterocycles. The molecule has 0 radical (unpaired) electrons. The summed E-state index contributed by atoms with van der Waals surface area (Å²) in [5.41, 5.74) is -0.855. The Morgan fingerprint density at radius 3 is 2.50 bits per heavy atom. The minimum absolute atomic E-state index is 0.0822. The van der Waals surface area contributed by atoms with Crippen molar-refractivity contribution >= 4 is 45.4 Å². The van der Waals surface area contributed by atoms with Crippen LogP contribution in [0.2, 0.25) is 5.02 Å². The summed E-state index contributed by atoms with van der Waals surface area (Å²) in [5.74, 6) is 0. The number of hydrogen-bond acceptors (Lipinski definition) is 5. The molecule has 2 aromatic rings. The molecular formula is C10H10ClN2O7PS. The van der Waals surface area contributed by atoms with Gasteiger partial charge >= 0.3 is 7.60 Å². The van der Waals surface area contributed by atoms with Gasteiger partial charge in [0.05, 0.1) is 12.1 Å². The molecule has 0 bridgehead atoms. The second kappa shape index (κ2) is 5.74. The van der Waals surface area contributed by atoms with E-state index in [0.717, 1.165) is 25.3 Å². The van der Waals surface area contributed by atoms with Crippen LogP contribution in [-0.2, 0) is 19.4 Å². The number of aromatic amines is 1. The van der Waals surface area contributed by atoms with Crippen molar-refractivity contribution in [3.8, 4) is 0 Å². The average molecular weight is 369 g/mol. The van der Waals surface area contributed by atoms with Crippen molar-refractivity contribution in [3.05, 3.63) is 33.6 Å². The second-order valence-electron chi connectivity index (χ2n) is 4.19. The zero-order chi connectivity index (χ0) is 16.7. The molecule has 0 unspecified atom stereocenters. The van der Waals surface area contributed by atoms with Gasteiger partial charge in [0, 0.05) is 10.9 Å². The van der Waals surface area contributed by atoms with E-state index < -0.39 is 28.5 Å². The third-order valence-corrected chi connectivity index (χ3v) is 5.36. The topological polar surface area (TPSA) is 146 Å². The van der Waals surface area contributed by atoms with E-state index in [1.165, 1.54) is 0 Å². The van der Waals surface area contributed by atoms with Crippen LogP contribution in [0.1, 0.15) is 0 Å². The molecule has 4 N–H and O–H groups in total. The van der Waals surface area contributed by atoms with Crippen LogP contribution >= 0.6 is 19.2 Å². The van der Waals surface area contributed by atoms with Gasteiger partial charge in [0.1, 0.15) is 10.2 Å². The summed E-state index contributed by atoms with van der Waals surface area (Å²) in [6.45, 7) is 0. The quantitative estimate of drug-likeness (QED) is 0.432. The molecule has 0 atom stereocenters. The van der Waals surface area contributed by atoms with E-state index in [0.29, 0.717) is 0 Å². The number of H-pyrrole nitrogens is 1. The van der Waals surface area contributed by atoms with Gasteiger partial charge in [-0.15, -0.1) is 0 Å². The van der Waals surface area contributed by atoms with E-state index in [2.05, 4.69) is 9.82 Å². The fourth-order valence-corrected chi connectivity index (χ4v) is 3.78. The molecule has 0 saturated carbocycles. The van der Waals surface area contributed by atoms with E-state index >= 15 is 0 Å². The maximum Gasteiger partial charge on any atom is 0.361 e. The first-order chi connectivity index (χ1) is 10.1. The van der Waals surface area contributed by atoms with Gasteiger partial charge in [0.25, 0.3) is 15.6 Å². The number of sulfonamides is 1. The fourth-order valence-electron chi connectivity index (χ4n) is 1.77. The summed E-state index contributed by atoms with van der Waals surface area (Å²) in [4.78, 5) is 37.8. The molecule has 0 aliphatic carbocycles. The second-order valence-corrected chi connectivity index (χ2v) is 7.78. The number of pyridine rings is 1. The van der Waals surface area contributed by atoms with Crippen molar-refractivity contribution in [3.63, 3.8) is 0 Å². The molecule has 22 heavy (non-hydrogen) atoms. The third-order valence-electron chi connectivity index (χ3n) is 2.67. The highest BCUT2D eigenvalue weighted by Crippen LogP contribution is 2.33. The van der Waals surface area contributed by atoms with Crippen LogP contribution in [0.25, 0.3) is 10.9 Å². The number of aromatic nitrogens is 1. The molecule has 0 saturated heterocycles. The van der Waals surface area contributed by atoms with E-state index in [4.69, 9.17) is 21.4 Å². The molecular weight excluding hydrogens is 359 g/mol. The van der Waals surface area contributed by atoms with Crippen molar-refractivity contribution < 1.29 is 27.6 Å². The summed E-state index contributed by atoms with van der Waals surface area (Å²) in [6, 6.07) is 3.14. The summed E-state index contributed by atoms with van der Waals surface area (Å²) < 4.78 is 35.0. The normalized spacial score (nSPS) is 12.7. The zero-order valence-electron chi connectivity index (χ0n) is 10.9. The van der Waals surface area contributed by atoms with Gasteiger partial charge in [-0.1, -0.05) is 16.5 Å². The van der Waals surface area contributed by atoms with Crippen LogP contribution < -0.4 is 15.7 Å². The summed E-state index contributed by atoms with van der Waals surface area (Å²) in [5, 5.41) is -0.888. The molecule has 0 fully saturated rings. The molecule has 1 aromatic carbocycles. The summed E-state index contributed by atoms with van der Waals surface area (Å²) in [7, 11) is -7.79. The third kappa shape index (κ3) is 3.23. The first kappa shape index (κ1) is 17.1. The standard InChI is InChI=1S/C10H10ClN2O7PS/c1-20-13-22(18,19)9-3-5-2-8(21(15,16)17)10(14)12-7(5)4-6(9)11/h2-4,13H,1H3,(H,12,14)(H2,15,16,17). The Bertz CT molecular complexity index is 950. The Labute approximate surface area is 129 Å². The van der Waals surface area contributed by atoms with Crippen molar-refractivity contribution in [1.82, 2.24) is 9.87 Å². The summed E-state index contributed by atoms with van der Waals surface area (Å²) in [6.07, 6.45) is 0. The van der Waals surface area contributed by atoms with Crippen molar-refractivity contribution in [2.75, 3.05) is 7.11 Å². The first-order valence-electron chi connectivity index (χ1n) is 5.54. The lowest BCUT2D eigenvalue weighted by atomic mass is 10.2. The van der Waals surface area contributed by atoms with Gasteiger partial charge in [0.2, 0.25) is 0 Å². The lowest BCUT2D eigenvalue weighted by molar-refractivity contribution is 0.153. The Kier molecular flexibility index (Phi) is 4.46. The smallest absolute Gasteiger partial charge is 0.321 e. The lowest BCUT2D eigenvalue weighted by Crippen LogP contribution is -2.27.